The maximum absolute atomic E-state index is 15.2. The SMILES string of the molecule is NC1=N[C@]2(c3cc(/C=C(\F)c4ccc(Cl)cn4)ccc3F)CN(c3ncc(F)cn3)C[C@@H]2CS1. The smallest absolute Gasteiger partial charge is 0.225 e. The average Bonchev–Trinajstić information content (AvgIpc) is 3.20. The van der Waals surface area contributed by atoms with Crippen LogP contribution in [0.4, 0.5) is 19.1 Å². The Morgan fingerprint density at radius 3 is 2.68 bits per heavy atom. The molecule has 0 bridgehead atoms. The van der Waals surface area contributed by atoms with Crippen molar-refractivity contribution in [2.45, 2.75) is 5.54 Å². The van der Waals surface area contributed by atoms with Crippen molar-refractivity contribution < 1.29 is 13.2 Å². The van der Waals surface area contributed by atoms with Crippen molar-refractivity contribution in [3.63, 3.8) is 0 Å². The molecule has 1 saturated heterocycles. The maximum Gasteiger partial charge on any atom is 0.225 e. The lowest BCUT2D eigenvalue weighted by molar-refractivity contribution is 0.370. The number of nitrogens with two attached hydrogens (primary N) is 1. The molecule has 3 aromatic rings. The summed E-state index contributed by atoms with van der Waals surface area (Å²) in [6.07, 6.45) is 4.81. The maximum atomic E-state index is 15.2. The van der Waals surface area contributed by atoms with Gasteiger partial charge in [0, 0.05) is 30.0 Å². The van der Waals surface area contributed by atoms with Crippen LogP contribution in [0, 0.1) is 17.6 Å². The number of benzene rings is 1. The Morgan fingerprint density at radius 2 is 1.94 bits per heavy atom. The predicted octanol–water partition coefficient (Wildman–Crippen LogP) is 4.66. The molecule has 4 heterocycles. The van der Waals surface area contributed by atoms with Gasteiger partial charge in [0.1, 0.15) is 17.2 Å². The van der Waals surface area contributed by atoms with Gasteiger partial charge in [0.15, 0.2) is 11.0 Å². The first kappa shape index (κ1) is 22.7. The van der Waals surface area contributed by atoms with Crippen molar-refractivity contribution in [1.82, 2.24) is 15.0 Å². The molecule has 2 aliphatic rings. The Morgan fingerprint density at radius 1 is 1.15 bits per heavy atom. The number of hydrogen-bond donors (Lipinski definition) is 1. The molecule has 34 heavy (non-hydrogen) atoms. The minimum atomic E-state index is -1.02. The van der Waals surface area contributed by atoms with E-state index in [1.807, 2.05) is 4.90 Å². The number of amidine groups is 1. The van der Waals surface area contributed by atoms with Crippen molar-refractivity contribution in [1.29, 1.82) is 0 Å². The average molecular weight is 503 g/mol. The highest BCUT2D eigenvalue weighted by molar-refractivity contribution is 8.13. The van der Waals surface area contributed by atoms with Gasteiger partial charge in [-0.3, -0.25) is 4.98 Å². The van der Waals surface area contributed by atoms with Crippen molar-refractivity contribution in [2.24, 2.45) is 16.6 Å². The molecule has 1 aromatic carbocycles. The summed E-state index contributed by atoms with van der Waals surface area (Å²) >= 11 is 7.22. The first-order valence-corrected chi connectivity index (χ1v) is 11.7. The monoisotopic (exact) mass is 502 g/mol. The largest absolute Gasteiger partial charge is 0.379 e. The Hall–Kier alpha value is -3.11. The second-order valence-corrected chi connectivity index (χ2v) is 9.53. The van der Waals surface area contributed by atoms with E-state index in [9.17, 15) is 8.78 Å². The number of nitrogens with zero attached hydrogens (tertiary/aromatic N) is 5. The molecule has 0 aliphatic carbocycles. The first-order chi connectivity index (χ1) is 16.3. The molecule has 0 spiro atoms. The van der Waals surface area contributed by atoms with E-state index in [0.29, 0.717) is 39.6 Å². The summed E-state index contributed by atoms with van der Waals surface area (Å²) in [5.41, 5.74) is 5.92. The van der Waals surface area contributed by atoms with E-state index in [0.717, 1.165) is 12.4 Å². The fraction of sp³-hybridized carbons (Fsp3) is 0.217. The third-order valence-corrected chi connectivity index (χ3v) is 7.08. The zero-order chi connectivity index (χ0) is 23.9. The van der Waals surface area contributed by atoms with Gasteiger partial charge in [-0.25, -0.2) is 28.1 Å². The third kappa shape index (κ3) is 4.23. The number of rotatable bonds is 4. The van der Waals surface area contributed by atoms with Crippen molar-refractivity contribution in [2.75, 3.05) is 23.7 Å². The zero-order valence-electron chi connectivity index (χ0n) is 17.6. The number of halogens is 4. The van der Waals surface area contributed by atoms with Gasteiger partial charge < -0.3 is 10.6 Å². The molecule has 174 valence electrons. The lowest BCUT2D eigenvalue weighted by atomic mass is 9.81. The quantitative estimate of drug-likeness (QED) is 0.558. The Bertz CT molecular complexity index is 1280. The Labute approximate surface area is 202 Å². The van der Waals surface area contributed by atoms with E-state index >= 15 is 4.39 Å². The van der Waals surface area contributed by atoms with Crippen LogP contribution in [0.15, 0.2) is 53.9 Å². The zero-order valence-corrected chi connectivity index (χ0v) is 19.2. The molecule has 0 radical (unpaired) electrons. The van der Waals surface area contributed by atoms with Crippen LogP contribution in [-0.2, 0) is 5.54 Å². The molecule has 11 heteroatoms. The van der Waals surface area contributed by atoms with Gasteiger partial charge >= 0.3 is 0 Å². The van der Waals surface area contributed by atoms with E-state index in [2.05, 4.69) is 15.0 Å². The van der Waals surface area contributed by atoms with Gasteiger partial charge in [0.2, 0.25) is 5.95 Å². The number of aromatic nitrogens is 3. The Balaban J connectivity index is 1.55. The molecule has 2 aliphatic heterocycles. The highest BCUT2D eigenvalue weighted by Crippen LogP contribution is 2.47. The third-order valence-electron chi connectivity index (χ3n) is 5.90. The standard InChI is InChI=1S/C23H18ClF3N6S/c24-15-2-4-20(29-7-15)19(27)6-13-1-3-18(26)17(5-13)23-12-33(22-30-8-16(25)9-31-22)10-14(23)11-34-21(28)32-23/h1-9,14H,10-12H2,(H2,28,32)/b19-6-/t14-,23-/m1/s1. The fourth-order valence-electron chi connectivity index (χ4n) is 4.32. The number of anilines is 1. The fourth-order valence-corrected chi connectivity index (χ4v) is 5.41. The van der Waals surface area contributed by atoms with E-state index in [1.165, 1.54) is 42.2 Å². The lowest BCUT2D eigenvalue weighted by Gasteiger charge is -2.35. The minimum Gasteiger partial charge on any atom is -0.379 e. The molecule has 2 aromatic heterocycles. The number of aliphatic imine (C=N–C) groups is 1. The summed E-state index contributed by atoms with van der Waals surface area (Å²) in [5.74, 6) is -0.790. The van der Waals surface area contributed by atoms with Gasteiger partial charge in [-0.15, -0.1) is 0 Å². The van der Waals surface area contributed by atoms with Gasteiger partial charge in [-0.05, 0) is 35.9 Å². The molecular formula is C23H18ClF3N6S. The van der Waals surface area contributed by atoms with Gasteiger partial charge in [-0.2, -0.15) is 0 Å². The topological polar surface area (TPSA) is 80.3 Å². The molecule has 1 fully saturated rings. The minimum absolute atomic E-state index is 0.114. The van der Waals surface area contributed by atoms with Gasteiger partial charge in [-0.1, -0.05) is 29.4 Å². The summed E-state index contributed by atoms with van der Waals surface area (Å²) in [4.78, 5) is 18.6. The molecule has 0 unspecified atom stereocenters. The van der Waals surface area contributed by atoms with Crippen LogP contribution in [0.5, 0.6) is 0 Å². The van der Waals surface area contributed by atoms with Crippen molar-refractivity contribution in [3.8, 4) is 0 Å². The lowest BCUT2D eigenvalue weighted by Crippen LogP contribution is -2.40. The molecule has 2 atom stereocenters. The molecule has 2 N–H and O–H groups in total. The van der Waals surface area contributed by atoms with E-state index in [4.69, 9.17) is 22.3 Å². The second-order valence-electron chi connectivity index (χ2n) is 8.06. The molecular weight excluding hydrogens is 485 g/mol. The number of hydrogen-bond acceptors (Lipinski definition) is 7. The molecule has 5 rings (SSSR count). The van der Waals surface area contributed by atoms with Crippen LogP contribution in [-0.4, -0.2) is 39.0 Å². The summed E-state index contributed by atoms with van der Waals surface area (Å²) < 4.78 is 43.4. The summed E-state index contributed by atoms with van der Waals surface area (Å²) in [6.45, 7) is 0.730. The van der Waals surface area contributed by atoms with Crippen LogP contribution in [0.1, 0.15) is 16.8 Å². The molecule has 0 amide bonds. The summed E-state index contributed by atoms with van der Waals surface area (Å²) in [6, 6.07) is 7.37. The summed E-state index contributed by atoms with van der Waals surface area (Å²) in [5, 5.41) is 0.738. The highest BCUT2D eigenvalue weighted by atomic mass is 35.5. The summed E-state index contributed by atoms with van der Waals surface area (Å²) in [7, 11) is 0. The number of pyridine rings is 1. The van der Waals surface area contributed by atoms with Crippen molar-refractivity contribution in [3.05, 3.63) is 82.4 Å². The van der Waals surface area contributed by atoms with E-state index in [-0.39, 0.29) is 18.2 Å². The van der Waals surface area contributed by atoms with Crippen LogP contribution in [0.2, 0.25) is 5.02 Å². The van der Waals surface area contributed by atoms with Crippen LogP contribution >= 0.6 is 23.4 Å². The van der Waals surface area contributed by atoms with Crippen LogP contribution in [0.3, 0.4) is 0 Å². The highest BCUT2D eigenvalue weighted by Gasteiger charge is 2.52. The second kappa shape index (κ2) is 8.92. The van der Waals surface area contributed by atoms with Crippen molar-refractivity contribution >= 4 is 46.4 Å². The number of thioether (sulfide) groups is 1. The molecule has 0 saturated carbocycles. The van der Waals surface area contributed by atoms with Gasteiger partial charge in [0.25, 0.3) is 0 Å². The first-order valence-electron chi connectivity index (χ1n) is 10.3. The normalized spacial score (nSPS) is 22.5. The predicted molar refractivity (Wildman–Crippen MR) is 128 cm³/mol. The molecule has 6 nitrogen and oxygen atoms in total. The van der Waals surface area contributed by atoms with E-state index < -0.39 is 23.0 Å². The van der Waals surface area contributed by atoms with Crippen LogP contribution in [0.25, 0.3) is 11.9 Å². The van der Waals surface area contributed by atoms with Crippen LogP contribution < -0.4 is 10.6 Å². The van der Waals surface area contributed by atoms with E-state index in [1.54, 1.807) is 12.1 Å². The number of fused-ring (bicyclic) bond motifs is 1. The van der Waals surface area contributed by atoms with Gasteiger partial charge in [0.05, 0.1) is 29.7 Å². The Kier molecular flexibility index (Phi) is 5.95.